The number of rotatable bonds is 10. The van der Waals surface area contributed by atoms with E-state index in [2.05, 4.69) is 5.32 Å². The molecule has 1 rings (SSSR count). The van der Waals surface area contributed by atoms with Crippen molar-refractivity contribution >= 4 is 9.84 Å². The van der Waals surface area contributed by atoms with E-state index in [1.54, 1.807) is 7.11 Å². The van der Waals surface area contributed by atoms with Gasteiger partial charge in [0.1, 0.15) is 6.61 Å². The fraction of sp³-hybridized carbons (Fsp3) is 0.600. The molecule has 6 heteroatoms. The Labute approximate surface area is 127 Å². The highest BCUT2D eigenvalue weighted by Gasteiger charge is 2.13. The van der Waals surface area contributed by atoms with Crippen LogP contribution in [-0.2, 0) is 16.4 Å². The van der Waals surface area contributed by atoms with Gasteiger partial charge >= 0.3 is 0 Å². The van der Waals surface area contributed by atoms with Gasteiger partial charge in [-0.25, -0.2) is 8.42 Å². The zero-order valence-corrected chi connectivity index (χ0v) is 13.8. The minimum Gasteiger partial charge on any atom is -0.493 e. The van der Waals surface area contributed by atoms with Crippen LogP contribution in [0.15, 0.2) is 18.2 Å². The standard InChI is InChI=1S/C15H25NO4S/c1-4-10-21(17,18)11-9-20-15-13(12-16-5-2)7-6-8-14(15)19-3/h6-8,16H,4-5,9-12H2,1-3H3. The summed E-state index contributed by atoms with van der Waals surface area (Å²) in [6, 6.07) is 5.65. The molecule has 1 aromatic carbocycles. The van der Waals surface area contributed by atoms with Crippen LogP contribution >= 0.6 is 0 Å². The van der Waals surface area contributed by atoms with Gasteiger partial charge in [0.05, 0.1) is 18.6 Å². The fourth-order valence-corrected chi connectivity index (χ4v) is 3.13. The molecule has 0 unspecified atom stereocenters. The maximum atomic E-state index is 11.7. The van der Waals surface area contributed by atoms with Crippen molar-refractivity contribution in [2.45, 2.75) is 26.8 Å². The van der Waals surface area contributed by atoms with Crippen molar-refractivity contribution < 1.29 is 17.9 Å². The summed E-state index contributed by atoms with van der Waals surface area (Å²) in [5.41, 5.74) is 0.962. The Morgan fingerprint density at radius 1 is 1.19 bits per heavy atom. The average molecular weight is 315 g/mol. The minimum atomic E-state index is -3.03. The molecule has 0 aliphatic rings. The van der Waals surface area contributed by atoms with Crippen LogP contribution in [0, 0.1) is 0 Å². The second-order valence-corrected chi connectivity index (χ2v) is 7.03. The molecule has 0 aliphatic heterocycles. The predicted molar refractivity (Wildman–Crippen MR) is 84.8 cm³/mol. The Balaban J connectivity index is 2.76. The van der Waals surface area contributed by atoms with E-state index < -0.39 is 9.84 Å². The van der Waals surface area contributed by atoms with Gasteiger partial charge in [0.15, 0.2) is 21.3 Å². The van der Waals surface area contributed by atoms with Gasteiger partial charge in [0, 0.05) is 12.1 Å². The zero-order valence-electron chi connectivity index (χ0n) is 13.0. The van der Waals surface area contributed by atoms with Gasteiger partial charge in [0.2, 0.25) is 0 Å². The molecule has 0 aliphatic carbocycles. The Kier molecular flexibility index (Phi) is 7.53. The first-order valence-corrected chi connectivity index (χ1v) is 9.06. The van der Waals surface area contributed by atoms with E-state index >= 15 is 0 Å². The van der Waals surface area contributed by atoms with Crippen LogP contribution in [0.4, 0.5) is 0 Å². The van der Waals surface area contributed by atoms with E-state index in [0.717, 1.165) is 12.1 Å². The van der Waals surface area contributed by atoms with Crippen LogP contribution in [-0.4, -0.2) is 40.2 Å². The van der Waals surface area contributed by atoms with Crippen LogP contribution in [0.3, 0.4) is 0 Å². The largest absolute Gasteiger partial charge is 0.493 e. The summed E-state index contributed by atoms with van der Waals surface area (Å²) in [6.07, 6.45) is 0.628. The molecule has 5 nitrogen and oxygen atoms in total. The molecule has 0 saturated carbocycles. The number of nitrogens with one attached hydrogen (secondary N) is 1. The SMILES string of the molecule is CCCS(=O)(=O)CCOc1c(CNCC)cccc1OC. The van der Waals surface area contributed by atoms with Crippen molar-refractivity contribution in [3.8, 4) is 11.5 Å². The van der Waals surface area contributed by atoms with E-state index in [1.807, 2.05) is 32.0 Å². The normalized spacial score (nSPS) is 11.4. The quantitative estimate of drug-likeness (QED) is 0.715. The number of ether oxygens (including phenoxy) is 2. The molecular weight excluding hydrogens is 290 g/mol. The Hall–Kier alpha value is -1.27. The van der Waals surface area contributed by atoms with Crippen molar-refractivity contribution in [3.63, 3.8) is 0 Å². The van der Waals surface area contributed by atoms with Gasteiger partial charge in [-0.05, 0) is 19.0 Å². The van der Waals surface area contributed by atoms with Gasteiger partial charge in [-0.15, -0.1) is 0 Å². The third-order valence-corrected chi connectivity index (χ3v) is 4.82. The topological polar surface area (TPSA) is 64.6 Å². The first-order chi connectivity index (χ1) is 10.0. The molecule has 0 atom stereocenters. The molecule has 0 saturated heterocycles. The molecule has 0 radical (unpaired) electrons. The summed E-state index contributed by atoms with van der Waals surface area (Å²) >= 11 is 0. The Morgan fingerprint density at radius 3 is 2.57 bits per heavy atom. The summed E-state index contributed by atoms with van der Waals surface area (Å²) in [4.78, 5) is 0. The van der Waals surface area contributed by atoms with Gasteiger partial charge in [-0.3, -0.25) is 0 Å². The smallest absolute Gasteiger partial charge is 0.165 e. The summed E-state index contributed by atoms with van der Waals surface area (Å²) in [7, 11) is -1.46. The molecule has 0 aromatic heterocycles. The highest BCUT2D eigenvalue weighted by molar-refractivity contribution is 7.91. The monoisotopic (exact) mass is 315 g/mol. The number of methoxy groups -OCH3 is 1. The lowest BCUT2D eigenvalue weighted by Gasteiger charge is -2.15. The third-order valence-electron chi connectivity index (χ3n) is 3.00. The predicted octanol–water partition coefficient (Wildman–Crippen LogP) is 2.01. The van der Waals surface area contributed by atoms with E-state index in [4.69, 9.17) is 9.47 Å². The molecular formula is C15H25NO4S. The first-order valence-electron chi connectivity index (χ1n) is 7.23. The summed E-state index contributed by atoms with van der Waals surface area (Å²) in [5, 5.41) is 3.23. The second-order valence-electron chi connectivity index (χ2n) is 4.73. The third kappa shape index (κ3) is 5.93. The van der Waals surface area contributed by atoms with Gasteiger partial charge in [-0.1, -0.05) is 26.0 Å². The highest BCUT2D eigenvalue weighted by atomic mass is 32.2. The summed E-state index contributed by atoms with van der Waals surface area (Å²) in [6.45, 7) is 5.53. The number of sulfone groups is 1. The minimum absolute atomic E-state index is 0.0273. The van der Waals surface area contributed by atoms with Crippen molar-refractivity contribution in [1.29, 1.82) is 0 Å². The lowest BCUT2D eigenvalue weighted by Crippen LogP contribution is -2.18. The van der Waals surface area contributed by atoms with Crippen LogP contribution in [0.5, 0.6) is 11.5 Å². The Bertz CT molecular complexity index is 528. The fourth-order valence-electron chi connectivity index (χ4n) is 1.97. The van der Waals surface area contributed by atoms with Crippen molar-refractivity contribution in [2.24, 2.45) is 0 Å². The lowest BCUT2D eigenvalue weighted by molar-refractivity contribution is 0.307. The van der Waals surface area contributed by atoms with E-state index in [0.29, 0.717) is 24.5 Å². The zero-order chi connectivity index (χ0) is 15.7. The maximum Gasteiger partial charge on any atom is 0.165 e. The van der Waals surface area contributed by atoms with Crippen molar-refractivity contribution in [3.05, 3.63) is 23.8 Å². The summed E-state index contributed by atoms with van der Waals surface area (Å²) in [5.74, 6) is 1.47. The molecule has 0 fully saturated rings. The Morgan fingerprint density at radius 2 is 1.95 bits per heavy atom. The van der Waals surface area contributed by atoms with Gasteiger partial charge in [-0.2, -0.15) is 0 Å². The molecule has 0 amide bonds. The molecule has 1 aromatic rings. The number of benzene rings is 1. The maximum absolute atomic E-state index is 11.7. The summed E-state index contributed by atoms with van der Waals surface area (Å²) < 4.78 is 34.4. The first kappa shape index (κ1) is 17.8. The van der Waals surface area contributed by atoms with E-state index in [1.165, 1.54) is 0 Å². The highest BCUT2D eigenvalue weighted by Crippen LogP contribution is 2.31. The van der Waals surface area contributed by atoms with Gasteiger partial charge in [0.25, 0.3) is 0 Å². The van der Waals surface area contributed by atoms with Crippen LogP contribution in [0.2, 0.25) is 0 Å². The second kappa shape index (κ2) is 8.89. The van der Waals surface area contributed by atoms with E-state index in [-0.39, 0.29) is 18.1 Å². The van der Waals surface area contributed by atoms with E-state index in [9.17, 15) is 8.42 Å². The lowest BCUT2D eigenvalue weighted by atomic mass is 10.2. The number of para-hydroxylation sites is 1. The molecule has 0 heterocycles. The molecule has 0 spiro atoms. The molecule has 0 bridgehead atoms. The van der Waals surface area contributed by atoms with Crippen LogP contribution in [0.25, 0.3) is 0 Å². The van der Waals surface area contributed by atoms with Crippen LogP contribution in [0.1, 0.15) is 25.8 Å². The number of hydrogen-bond acceptors (Lipinski definition) is 5. The average Bonchev–Trinajstić information content (AvgIpc) is 2.45. The molecule has 1 N–H and O–H groups in total. The van der Waals surface area contributed by atoms with Crippen LogP contribution < -0.4 is 14.8 Å². The van der Waals surface area contributed by atoms with Gasteiger partial charge < -0.3 is 14.8 Å². The van der Waals surface area contributed by atoms with Crippen molar-refractivity contribution in [1.82, 2.24) is 5.32 Å². The number of hydrogen-bond donors (Lipinski definition) is 1. The van der Waals surface area contributed by atoms with Crippen molar-refractivity contribution in [2.75, 3.05) is 31.8 Å². The molecule has 120 valence electrons. The molecule has 21 heavy (non-hydrogen) atoms.